The van der Waals surface area contributed by atoms with Crippen LogP contribution in [0.4, 0.5) is 10.2 Å². The molecule has 124 valence electrons. The van der Waals surface area contributed by atoms with Crippen LogP contribution >= 0.6 is 11.6 Å². The van der Waals surface area contributed by atoms with Crippen LogP contribution in [0.2, 0.25) is 5.02 Å². The van der Waals surface area contributed by atoms with Gasteiger partial charge in [-0.3, -0.25) is 0 Å². The molecule has 1 aliphatic rings. The van der Waals surface area contributed by atoms with Gasteiger partial charge in [-0.1, -0.05) is 16.8 Å². The standard InChI is InChI=1S/C13H14ClFN4O3S/c14-10-7-12(15)13(16-8-10)18-2-4-19(5-3-18)23(20,21)9-11-1-6-22-17-11/h1,6-8H,2-5,9H2. The first-order chi connectivity index (χ1) is 11.0. The minimum absolute atomic E-state index is 0.183. The van der Waals surface area contributed by atoms with Gasteiger partial charge in [-0.25, -0.2) is 17.8 Å². The predicted octanol–water partition coefficient (Wildman–Crippen LogP) is 1.51. The molecule has 3 rings (SSSR count). The zero-order valence-corrected chi connectivity index (χ0v) is 13.6. The van der Waals surface area contributed by atoms with E-state index in [1.807, 2.05) is 0 Å². The maximum atomic E-state index is 13.9. The summed E-state index contributed by atoms with van der Waals surface area (Å²) >= 11 is 5.68. The molecule has 0 atom stereocenters. The molecule has 2 aromatic heterocycles. The van der Waals surface area contributed by atoms with Crippen molar-refractivity contribution in [2.45, 2.75) is 5.75 Å². The van der Waals surface area contributed by atoms with Crippen molar-refractivity contribution in [2.75, 3.05) is 31.1 Å². The van der Waals surface area contributed by atoms with E-state index in [1.54, 1.807) is 4.90 Å². The summed E-state index contributed by atoms with van der Waals surface area (Å²) in [5.41, 5.74) is 0.359. The number of hydrogen-bond acceptors (Lipinski definition) is 6. The van der Waals surface area contributed by atoms with Gasteiger partial charge in [0.15, 0.2) is 11.6 Å². The van der Waals surface area contributed by atoms with Crippen molar-refractivity contribution in [3.8, 4) is 0 Å². The normalized spacial score (nSPS) is 16.7. The van der Waals surface area contributed by atoms with Crippen LogP contribution in [0.1, 0.15) is 5.69 Å². The number of aromatic nitrogens is 2. The van der Waals surface area contributed by atoms with Crippen molar-refractivity contribution in [1.29, 1.82) is 0 Å². The summed E-state index contributed by atoms with van der Waals surface area (Å²) < 4.78 is 44.5. The van der Waals surface area contributed by atoms with Crippen LogP contribution in [0.3, 0.4) is 0 Å². The maximum Gasteiger partial charge on any atom is 0.220 e. The molecule has 0 radical (unpaired) electrons. The summed E-state index contributed by atoms with van der Waals surface area (Å²) in [7, 11) is -3.48. The first-order valence-electron chi connectivity index (χ1n) is 6.89. The van der Waals surface area contributed by atoms with E-state index in [-0.39, 0.29) is 29.7 Å². The van der Waals surface area contributed by atoms with E-state index >= 15 is 0 Å². The van der Waals surface area contributed by atoms with Gasteiger partial charge in [0.25, 0.3) is 0 Å². The Labute approximate surface area is 137 Å². The Morgan fingerprint density at radius 1 is 1.30 bits per heavy atom. The minimum atomic E-state index is -3.48. The summed E-state index contributed by atoms with van der Waals surface area (Å²) in [6.07, 6.45) is 2.70. The smallest absolute Gasteiger partial charge is 0.220 e. The van der Waals surface area contributed by atoms with Gasteiger partial charge in [0, 0.05) is 38.4 Å². The van der Waals surface area contributed by atoms with Gasteiger partial charge in [-0.2, -0.15) is 4.31 Å². The van der Waals surface area contributed by atoms with Crippen LogP contribution < -0.4 is 4.90 Å². The van der Waals surface area contributed by atoms with Crippen LogP contribution in [0, 0.1) is 5.82 Å². The third kappa shape index (κ3) is 3.62. The fourth-order valence-electron chi connectivity index (χ4n) is 2.41. The van der Waals surface area contributed by atoms with Crippen molar-refractivity contribution in [2.24, 2.45) is 0 Å². The first-order valence-corrected chi connectivity index (χ1v) is 8.87. The van der Waals surface area contributed by atoms with Crippen LogP contribution in [-0.2, 0) is 15.8 Å². The molecule has 0 N–H and O–H groups in total. The Bertz CT molecular complexity index is 777. The Morgan fingerprint density at radius 3 is 2.65 bits per heavy atom. The molecular formula is C13H14ClFN4O3S. The van der Waals surface area contributed by atoms with Crippen molar-refractivity contribution in [3.63, 3.8) is 0 Å². The highest BCUT2D eigenvalue weighted by Crippen LogP contribution is 2.22. The molecular weight excluding hydrogens is 347 g/mol. The highest BCUT2D eigenvalue weighted by molar-refractivity contribution is 7.88. The molecule has 1 aliphatic heterocycles. The van der Waals surface area contributed by atoms with Gasteiger partial charge in [0.2, 0.25) is 10.0 Å². The molecule has 7 nitrogen and oxygen atoms in total. The first kappa shape index (κ1) is 16.2. The van der Waals surface area contributed by atoms with Crippen LogP contribution in [0.15, 0.2) is 29.1 Å². The summed E-state index contributed by atoms with van der Waals surface area (Å²) in [4.78, 5) is 5.68. The third-order valence-corrected chi connectivity index (χ3v) is 5.56. The lowest BCUT2D eigenvalue weighted by molar-refractivity contribution is 0.379. The molecule has 10 heteroatoms. The topological polar surface area (TPSA) is 79.5 Å². The number of halogens is 2. The summed E-state index contributed by atoms with van der Waals surface area (Å²) in [6, 6.07) is 2.71. The molecule has 0 unspecified atom stereocenters. The van der Waals surface area contributed by atoms with Crippen molar-refractivity contribution in [3.05, 3.63) is 41.1 Å². The SMILES string of the molecule is O=S(=O)(Cc1ccon1)N1CCN(c2ncc(Cl)cc2F)CC1. The zero-order chi connectivity index (χ0) is 16.4. The molecule has 0 amide bonds. The average molecular weight is 361 g/mol. The number of rotatable bonds is 4. The molecule has 1 fully saturated rings. The Morgan fingerprint density at radius 2 is 2.04 bits per heavy atom. The van der Waals surface area contributed by atoms with Crippen LogP contribution in [0.25, 0.3) is 0 Å². The van der Waals surface area contributed by atoms with E-state index in [0.29, 0.717) is 18.8 Å². The molecule has 23 heavy (non-hydrogen) atoms. The zero-order valence-electron chi connectivity index (χ0n) is 12.0. The number of pyridine rings is 1. The Balaban J connectivity index is 1.66. The monoisotopic (exact) mass is 360 g/mol. The van der Waals surface area contributed by atoms with E-state index in [1.165, 1.54) is 28.9 Å². The highest BCUT2D eigenvalue weighted by Gasteiger charge is 2.29. The van der Waals surface area contributed by atoms with E-state index in [4.69, 9.17) is 11.6 Å². The van der Waals surface area contributed by atoms with Crippen LogP contribution in [0.5, 0.6) is 0 Å². The molecule has 0 aliphatic carbocycles. The van der Waals surface area contributed by atoms with Crippen LogP contribution in [-0.4, -0.2) is 49.0 Å². The quantitative estimate of drug-likeness (QED) is 0.822. The van der Waals surface area contributed by atoms with Gasteiger partial charge in [-0.15, -0.1) is 0 Å². The van der Waals surface area contributed by atoms with E-state index < -0.39 is 15.8 Å². The molecule has 2 aromatic rings. The fourth-order valence-corrected chi connectivity index (χ4v) is 3.98. The largest absolute Gasteiger partial charge is 0.364 e. The van der Waals surface area contributed by atoms with Gasteiger partial charge in [0.1, 0.15) is 12.0 Å². The molecule has 3 heterocycles. The number of piperazine rings is 1. The predicted molar refractivity (Wildman–Crippen MR) is 82.1 cm³/mol. The fraction of sp³-hybridized carbons (Fsp3) is 0.385. The number of nitrogens with zero attached hydrogens (tertiary/aromatic N) is 4. The summed E-state index contributed by atoms with van der Waals surface area (Å²) in [5.74, 6) is -0.545. The number of anilines is 1. The van der Waals surface area contributed by atoms with Gasteiger partial charge in [0.05, 0.1) is 10.7 Å². The lowest BCUT2D eigenvalue weighted by Gasteiger charge is -2.34. The van der Waals surface area contributed by atoms with Gasteiger partial charge >= 0.3 is 0 Å². The van der Waals surface area contributed by atoms with E-state index in [0.717, 1.165) is 0 Å². The third-order valence-electron chi connectivity index (χ3n) is 3.54. The second-order valence-corrected chi connectivity index (χ2v) is 7.50. The summed E-state index contributed by atoms with van der Waals surface area (Å²) in [5, 5.41) is 3.84. The number of hydrogen-bond donors (Lipinski definition) is 0. The second-order valence-electron chi connectivity index (χ2n) is 5.09. The van der Waals surface area contributed by atoms with Crippen molar-refractivity contribution in [1.82, 2.24) is 14.4 Å². The lowest BCUT2D eigenvalue weighted by Crippen LogP contribution is -2.49. The molecule has 0 bridgehead atoms. The minimum Gasteiger partial charge on any atom is -0.364 e. The molecule has 0 saturated carbocycles. The van der Waals surface area contributed by atoms with Crippen molar-refractivity contribution < 1.29 is 17.3 Å². The number of sulfonamides is 1. The Hall–Kier alpha value is -1.71. The van der Waals surface area contributed by atoms with Gasteiger partial charge < -0.3 is 9.42 Å². The van der Waals surface area contributed by atoms with Gasteiger partial charge in [-0.05, 0) is 6.07 Å². The summed E-state index contributed by atoms with van der Waals surface area (Å²) in [6.45, 7) is 1.21. The second kappa shape index (κ2) is 6.42. The van der Waals surface area contributed by atoms with Crippen molar-refractivity contribution >= 4 is 27.4 Å². The molecule has 1 saturated heterocycles. The molecule has 0 spiro atoms. The maximum absolute atomic E-state index is 13.9. The molecule has 0 aromatic carbocycles. The average Bonchev–Trinajstić information content (AvgIpc) is 3.00. The Kier molecular flexibility index (Phi) is 4.51. The highest BCUT2D eigenvalue weighted by atomic mass is 35.5. The van der Waals surface area contributed by atoms with E-state index in [2.05, 4.69) is 14.7 Å². The van der Waals surface area contributed by atoms with E-state index in [9.17, 15) is 12.8 Å². The lowest BCUT2D eigenvalue weighted by atomic mass is 10.3.